The molecule has 0 atom stereocenters. The molecule has 0 unspecified atom stereocenters. The van der Waals surface area contributed by atoms with Gasteiger partial charge in [0.2, 0.25) is 0 Å². The number of fused-ring (bicyclic) bond motifs is 1. The van der Waals surface area contributed by atoms with Crippen molar-refractivity contribution in [2.24, 2.45) is 5.10 Å². The third-order valence-corrected chi connectivity index (χ3v) is 4.99. The molecule has 0 amide bonds. The Bertz CT molecular complexity index is 1050. The van der Waals surface area contributed by atoms with Crippen LogP contribution >= 0.6 is 11.3 Å². The Morgan fingerprint density at radius 2 is 1.92 bits per heavy atom. The number of aliphatic hydroxyl groups is 1. The van der Waals surface area contributed by atoms with Crippen LogP contribution < -0.4 is 0 Å². The molecule has 8 heteroatoms. The monoisotopic (exact) mass is 366 g/mol. The maximum Gasteiger partial charge on any atom is 0.158 e. The zero-order chi connectivity index (χ0) is 18.3. The summed E-state index contributed by atoms with van der Waals surface area (Å²) in [5, 5.41) is 43.6. The number of thiazole rings is 1. The molecule has 0 radical (unpaired) electrons. The zero-order valence-electron chi connectivity index (χ0n) is 13.4. The molecule has 0 bridgehead atoms. The van der Waals surface area contributed by atoms with E-state index >= 15 is 0 Å². The number of amidine groups is 1. The van der Waals surface area contributed by atoms with Crippen LogP contribution in [-0.2, 0) is 0 Å². The molecular weight excluding hydrogens is 352 g/mol. The van der Waals surface area contributed by atoms with Crippen molar-refractivity contribution >= 4 is 39.2 Å². The second-order valence-electron chi connectivity index (χ2n) is 5.71. The third kappa shape index (κ3) is 2.76. The fraction of sp³-hybridized carbons (Fsp3) is 0.0556. The minimum Gasteiger partial charge on any atom is -0.509 e. The molecule has 2 aromatic carbocycles. The quantitative estimate of drug-likeness (QED) is 0.420. The lowest BCUT2D eigenvalue weighted by Gasteiger charge is -2.11. The topological polar surface area (TPSA) is 113 Å². The van der Waals surface area contributed by atoms with E-state index < -0.39 is 0 Å². The summed E-state index contributed by atoms with van der Waals surface area (Å²) in [4.78, 5) is 4.49. The van der Waals surface area contributed by atoms with Crippen molar-refractivity contribution in [3.63, 3.8) is 0 Å². The summed E-state index contributed by atoms with van der Waals surface area (Å²) in [7, 11) is 0. The lowest BCUT2D eigenvalue weighted by atomic mass is 10.2. The van der Waals surface area contributed by atoms with E-state index in [9.17, 15) is 15.3 Å². The normalized spacial score (nSPS) is 14.9. The van der Waals surface area contributed by atoms with Gasteiger partial charge in [-0.2, -0.15) is 5.10 Å². The molecule has 0 saturated carbocycles. The first-order valence-corrected chi connectivity index (χ1v) is 8.55. The van der Waals surface area contributed by atoms with Gasteiger partial charge >= 0.3 is 0 Å². The van der Waals surface area contributed by atoms with Crippen LogP contribution in [0.15, 0.2) is 53.3 Å². The Hall–Kier alpha value is -3.39. The molecule has 2 heterocycles. The Labute approximate surface area is 152 Å². The van der Waals surface area contributed by atoms with E-state index in [1.165, 1.54) is 34.7 Å². The highest BCUT2D eigenvalue weighted by Crippen LogP contribution is 2.33. The first kappa shape index (κ1) is 16.1. The first-order valence-electron chi connectivity index (χ1n) is 7.73. The van der Waals surface area contributed by atoms with Gasteiger partial charge in [0.1, 0.15) is 17.3 Å². The maximum absolute atomic E-state index is 10.3. The van der Waals surface area contributed by atoms with E-state index in [1.807, 2.05) is 24.3 Å². The summed E-state index contributed by atoms with van der Waals surface area (Å²) in [6, 6.07) is 11.9. The molecule has 1 aromatic heterocycles. The number of aliphatic hydroxyl groups excluding tert-OH is 1. The highest BCUT2D eigenvalue weighted by Gasteiger charge is 2.30. The van der Waals surface area contributed by atoms with E-state index in [1.54, 1.807) is 6.07 Å². The molecule has 26 heavy (non-hydrogen) atoms. The van der Waals surface area contributed by atoms with E-state index in [2.05, 4.69) is 10.1 Å². The highest BCUT2D eigenvalue weighted by atomic mass is 32.1. The smallest absolute Gasteiger partial charge is 0.158 e. The second-order valence-corrected chi connectivity index (χ2v) is 6.74. The van der Waals surface area contributed by atoms with Crippen LogP contribution in [0.5, 0.6) is 11.5 Å². The molecule has 7 nitrogen and oxygen atoms in total. The van der Waals surface area contributed by atoms with E-state index in [4.69, 9.17) is 5.41 Å². The summed E-state index contributed by atoms with van der Waals surface area (Å²) in [6.07, 6.45) is 1.45. The van der Waals surface area contributed by atoms with Crippen molar-refractivity contribution in [1.29, 1.82) is 5.41 Å². The van der Waals surface area contributed by atoms with Crippen LogP contribution in [0.25, 0.3) is 15.8 Å². The largest absolute Gasteiger partial charge is 0.509 e. The van der Waals surface area contributed by atoms with E-state index in [0.717, 1.165) is 10.2 Å². The fourth-order valence-corrected chi connectivity index (χ4v) is 3.66. The summed E-state index contributed by atoms with van der Waals surface area (Å²) in [5.74, 6) is -0.365. The van der Waals surface area contributed by atoms with Crippen molar-refractivity contribution < 1.29 is 15.3 Å². The van der Waals surface area contributed by atoms with Gasteiger partial charge in [-0.15, -0.1) is 11.3 Å². The predicted molar refractivity (Wildman–Crippen MR) is 101 cm³/mol. The average Bonchev–Trinajstić information content (AvgIpc) is 3.16. The van der Waals surface area contributed by atoms with Crippen molar-refractivity contribution in [2.45, 2.75) is 0 Å². The number of para-hydroxylation sites is 1. The van der Waals surface area contributed by atoms with Gasteiger partial charge in [0.05, 0.1) is 22.0 Å². The SMILES string of the molecule is N=C1C(c2nc3ccccc3s2)=C(O)CN1N=Cc1ccc(O)c(O)c1. The van der Waals surface area contributed by atoms with E-state index in [-0.39, 0.29) is 29.6 Å². The van der Waals surface area contributed by atoms with Crippen molar-refractivity contribution in [1.82, 2.24) is 9.99 Å². The Kier molecular flexibility index (Phi) is 3.81. The molecule has 0 saturated heterocycles. The number of hydrogen-bond acceptors (Lipinski definition) is 7. The molecular formula is C18H14N4O3S. The highest BCUT2D eigenvalue weighted by molar-refractivity contribution is 7.19. The lowest BCUT2D eigenvalue weighted by molar-refractivity contribution is 0.358. The number of aromatic nitrogens is 1. The van der Waals surface area contributed by atoms with Gasteiger partial charge in [0, 0.05) is 0 Å². The fourth-order valence-electron chi connectivity index (χ4n) is 2.63. The van der Waals surface area contributed by atoms with E-state index in [0.29, 0.717) is 16.1 Å². The van der Waals surface area contributed by atoms with Gasteiger partial charge < -0.3 is 15.3 Å². The van der Waals surface area contributed by atoms with Crippen LogP contribution in [0.4, 0.5) is 0 Å². The lowest BCUT2D eigenvalue weighted by Crippen LogP contribution is -2.20. The number of aromatic hydroxyl groups is 2. The number of phenols is 2. The van der Waals surface area contributed by atoms with Gasteiger partial charge in [-0.1, -0.05) is 12.1 Å². The first-order chi connectivity index (χ1) is 12.5. The average molecular weight is 366 g/mol. The molecule has 1 aliphatic rings. The molecule has 0 fully saturated rings. The van der Waals surface area contributed by atoms with Gasteiger partial charge in [-0.3, -0.25) is 5.41 Å². The molecule has 1 aliphatic heterocycles. The zero-order valence-corrected chi connectivity index (χ0v) is 14.2. The van der Waals surface area contributed by atoms with Crippen LogP contribution in [-0.4, -0.2) is 43.9 Å². The van der Waals surface area contributed by atoms with Crippen LogP contribution in [0, 0.1) is 5.41 Å². The Balaban J connectivity index is 1.59. The number of hydrogen-bond donors (Lipinski definition) is 4. The molecule has 4 N–H and O–H groups in total. The predicted octanol–water partition coefficient (Wildman–Crippen LogP) is 3.30. The van der Waals surface area contributed by atoms with Crippen LogP contribution in [0.3, 0.4) is 0 Å². The van der Waals surface area contributed by atoms with Crippen LogP contribution in [0.2, 0.25) is 0 Å². The number of nitrogens with zero attached hydrogens (tertiary/aromatic N) is 3. The molecule has 130 valence electrons. The molecule has 3 aromatic rings. The Morgan fingerprint density at radius 1 is 1.12 bits per heavy atom. The van der Waals surface area contributed by atoms with Crippen molar-refractivity contribution in [2.75, 3.05) is 6.54 Å². The molecule has 0 spiro atoms. The van der Waals surface area contributed by atoms with Gasteiger partial charge in [0.25, 0.3) is 0 Å². The maximum atomic E-state index is 10.3. The van der Waals surface area contributed by atoms with Gasteiger partial charge in [0.15, 0.2) is 17.3 Å². The molecule has 4 rings (SSSR count). The standard InChI is InChI=1S/C18H14N4O3S/c19-17-16(18-21-11-3-1-2-4-15(11)26-18)14(25)9-22(17)20-8-10-5-6-12(23)13(24)7-10/h1-8,19,23-25H,9H2. The summed E-state index contributed by atoms with van der Waals surface area (Å²) >= 11 is 1.41. The Morgan fingerprint density at radius 3 is 2.69 bits per heavy atom. The van der Waals surface area contributed by atoms with Gasteiger partial charge in [-0.05, 0) is 35.9 Å². The minimum atomic E-state index is -0.249. The number of phenolic OH excluding ortho intramolecular Hbond substituents is 2. The number of rotatable bonds is 3. The third-order valence-electron chi connectivity index (χ3n) is 3.94. The summed E-state index contributed by atoms with van der Waals surface area (Å²) < 4.78 is 0.983. The van der Waals surface area contributed by atoms with Crippen molar-refractivity contribution in [3.05, 3.63) is 58.8 Å². The van der Waals surface area contributed by atoms with Gasteiger partial charge in [-0.25, -0.2) is 9.99 Å². The summed E-state index contributed by atoms with van der Waals surface area (Å²) in [6.45, 7) is 0.0741. The van der Waals surface area contributed by atoms with Crippen molar-refractivity contribution in [3.8, 4) is 11.5 Å². The second kappa shape index (κ2) is 6.16. The number of benzene rings is 2. The minimum absolute atomic E-state index is 0.0414. The summed E-state index contributed by atoms with van der Waals surface area (Å²) in [5.41, 5.74) is 1.75. The number of hydrazone groups is 1. The number of nitrogens with one attached hydrogen (secondary N) is 1. The molecule has 0 aliphatic carbocycles. The van der Waals surface area contributed by atoms with Crippen LogP contribution in [0.1, 0.15) is 10.6 Å².